The van der Waals surface area contributed by atoms with E-state index in [0.29, 0.717) is 17.3 Å². The van der Waals surface area contributed by atoms with E-state index in [1.807, 2.05) is 42.1 Å². The van der Waals surface area contributed by atoms with Crippen molar-refractivity contribution < 1.29 is 4.79 Å². The summed E-state index contributed by atoms with van der Waals surface area (Å²) in [5.41, 5.74) is 3.72. The van der Waals surface area contributed by atoms with E-state index in [0.717, 1.165) is 11.1 Å². The molecule has 0 spiro atoms. The van der Waals surface area contributed by atoms with Gasteiger partial charge in [0.1, 0.15) is 0 Å². The number of aromatic nitrogens is 2. The first-order valence-corrected chi connectivity index (χ1v) is 8.29. The molecule has 0 aliphatic rings. The Kier molecular flexibility index (Phi) is 5.31. The van der Waals surface area contributed by atoms with E-state index >= 15 is 0 Å². The number of amides is 1. The van der Waals surface area contributed by atoms with Crippen LogP contribution in [-0.2, 0) is 11.3 Å². The number of hydrogen-bond acceptors (Lipinski definition) is 2. The molecule has 0 aliphatic heterocycles. The zero-order chi connectivity index (χ0) is 17.6. The maximum atomic E-state index is 12.1. The predicted octanol–water partition coefficient (Wildman–Crippen LogP) is 4.55. The summed E-state index contributed by atoms with van der Waals surface area (Å²) >= 11 is 5.96. The van der Waals surface area contributed by atoms with Gasteiger partial charge in [-0.1, -0.05) is 48.0 Å². The highest BCUT2D eigenvalue weighted by atomic mass is 35.5. The molecule has 3 rings (SSSR count). The molecule has 0 bridgehead atoms. The molecule has 0 atom stereocenters. The number of halogens is 1. The van der Waals surface area contributed by atoms with Gasteiger partial charge in [0, 0.05) is 28.5 Å². The van der Waals surface area contributed by atoms with Gasteiger partial charge >= 0.3 is 0 Å². The molecule has 0 saturated carbocycles. The Morgan fingerprint density at radius 3 is 2.84 bits per heavy atom. The van der Waals surface area contributed by atoms with E-state index < -0.39 is 0 Å². The minimum absolute atomic E-state index is 0.207. The molecule has 25 heavy (non-hydrogen) atoms. The summed E-state index contributed by atoms with van der Waals surface area (Å²) in [6, 6.07) is 15.5. The Balaban J connectivity index is 1.62. The van der Waals surface area contributed by atoms with Crippen molar-refractivity contribution in [3.63, 3.8) is 0 Å². The third-order valence-corrected chi connectivity index (χ3v) is 3.96. The second-order valence-corrected chi connectivity index (χ2v) is 6.18. The van der Waals surface area contributed by atoms with Crippen molar-refractivity contribution in [1.29, 1.82) is 0 Å². The van der Waals surface area contributed by atoms with Crippen LogP contribution in [0.5, 0.6) is 0 Å². The number of nitrogens with zero attached hydrogens (tertiary/aromatic N) is 2. The van der Waals surface area contributed by atoms with E-state index in [1.54, 1.807) is 24.4 Å². The quantitative estimate of drug-likeness (QED) is 0.686. The molecule has 4 nitrogen and oxygen atoms in total. The van der Waals surface area contributed by atoms with E-state index in [9.17, 15) is 4.79 Å². The normalized spacial score (nSPS) is 11.0. The van der Waals surface area contributed by atoms with Crippen LogP contribution in [0.3, 0.4) is 0 Å². The molecule has 5 heteroatoms. The Hall–Kier alpha value is -2.85. The molecule has 0 fully saturated rings. The molecule has 0 aliphatic carbocycles. The van der Waals surface area contributed by atoms with Gasteiger partial charge in [-0.25, -0.2) is 0 Å². The van der Waals surface area contributed by atoms with E-state index in [4.69, 9.17) is 11.6 Å². The van der Waals surface area contributed by atoms with Crippen LogP contribution in [0.25, 0.3) is 6.08 Å². The number of hydrogen-bond donors (Lipinski definition) is 1. The molecule has 3 aromatic rings. The van der Waals surface area contributed by atoms with Crippen LogP contribution in [-0.4, -0.2) is 15.7 Å². The van der Waals surface area contributed by atoms with Crippen molar-refractivity contribution in [2.24, 2.45) is 0 Å². The van der Waals surface area contributed by atoms with Gasteiger partial charge in [0.25, 0.3) is 0 Å². The molecule has 0 saturated heterocycles. The van der Waals surface area contributed by atoms with Crippen molar-refractivity contribution in [2.75, 3.05) is 5.32 Å². The zero-order valence-electron chi connectivity index (χ0n) is 13.8. The van der Waals surface area contributed by atoms with E-state index in [1.165, 1.54) is 11.6 Å². The van der Waals surface area contributed by atoms with Crippen LogP contribution in [0.4, 0.5) is 5.69 Å². The maximum Gasteiger partial charge on any atom is 0.248 e. The van der Waals surface area contributed by atoms with E-state index in [2.05, 4.69) is 22.5 Å². The number of carbonyl (C=O) groups excluding carboxylic acids is 1. The third-order valence-electron chi connectivity index (χ3n) is 3.73. The number of rotatable bonds is 5. The van der Waals surface area contributed by atoms with Gasteiger partial charge in [-0.3, -0.25) is 9.48 Å². The highest BCUT2D eigenvalue weighted by Crippen LogP contribution is 2.20. The van der Waals surface area contributed by atoms with Crippen LogP contribution >= 0.6 is 11.6 Å². The number of aryl methyl sites for hydroxylation is 1. The lowest BCUT2D eigenvalue weighted by Gasteiger charge is -2.06. The average molecular weight is 352 g/mol. The molecule has 1 amide bonds. The van der Waals surface area contributed by atoms with Crippen molar-refractivity contribution in [3.05, 3.63) is 88.7 Å². The summed E-state index contributed by atoms with van der Waals surface area (Å²) in [4.78, 5) is 12.1. The first kappa shape index (κ1) is 17.0. The Morgan fingerprint density at radius 2 is 2.04 bits per heavy atom. The van der Waals surface area contributed by atoms with Crippen LogP contribution in [0.15, 0.2) is 67.0 Å². The first-order valence-electron chi connectivity index (χ1n) is 7.92. The van der Waals surface area contributed by atoms with Crippen LogP contribution in [0, 0.1) is 6.92 Å². The molecule has 1 aromatic heterocycles. The van der Waals surface area contributed by atoms with Crippen LogP contribution < -0.4 is 5.32 Å². The minimum Gasteiger partial charge on any atom is -0.322 e. The van der Waals surface area contributed by atoms with Gasteiger partial charge in [0.2, 0.25) is 5.91 Å². The molecule has 1 heterocycles. The van der Waals surface area contributed by atoms with Gasteiger partial charge < -0.3 is 5.32 Å². The molecule has 0 unspecified atom stereocenters. The number of anilines is 1. The summed E-state index contributed by atoms with van der Waals surface area (Å²) in [7, 11) is 0. The SMILES string of the molecule is Cc1ccc(Cl)cc1NC(=O)/C=C/c1cnn(Cc2ccccc2)c1. The van der Waals surface area contributed by atoms with Crippen molar-refractivity contribution in [1.82, 2.24) is 9.78 Å². The summed E-state index contributed by atoms with van der Waals surface area (Å²) in [5.74, 6) is -0.207. The fraction of sp³-hybridized carbons (Fsp3) is 0.100. The summed E-state index contributed by atoms with van der Waals surface area (Å²) in [5, 5.41) is 7.74. The molecule has 0 radical (unpaired) electrons. The Bertz CT molecular complexity index is 900. The van der Waals surface area contributed by atoms with Crippen molar-refractivity contribution in [2.45, 2.75) is 13.5 Å². The third kappa shape index (κ3) is 4.81. The topological polar surface area (TPSA) is 46.9 Å². The van der Waals surface area contributed by atoms with Gasteiger partial charge in [0.05, 0.1) is 12.7 Å². The highest BCUT2D eigenvalue weighted by Gasteiger charge is 2.03. The number of carbonyl (C=O) groups is 1. The standard InChI is InChI=1S/C20H18ClN3O/c1-15-7-9-18(21)11-19(15)23-20(25)10-8-17-12-22-24(14-17)13-16-5-3-2-4-6-16/h2-12,14H,13H2,1H3,(H,23,25)/b10-8+. The highest BCUT2D eigenvalue weighted by molar-refractivity contribution is 6.31. The lowest BCUT2D eigenvalue weighted by atomic mass is 10.2. The second kappa shape index (κ2) is 7.81. The molecule has 126 valence electrons. The Morgan fingerprint density at radius 1 is 1.24 bits per heavy atom. The summed E-state index contributed by atoms with van der Waals surface area (Å²) in [6.45, 7) is 2.62. The molecule has 1 N–H and O–H groups in total. The van der Waals surface area contributed by atoms with Gasteiger partial charge in [-0.05, 0) is 36.3 Å². The van der Waals surface area contributed by atoms with Crippen molar-refractivity contribution >= 4 is 29.3 Å². The lowest BCUT2D eigenvalue weighted by Crippen LogP contribution is -2.08. The first-order chi connectivity index (χ1) is 12.1. The van der Waals surface area contributed by atoms with Gasteiger partial charge in [-0.2, -0.15) is 5.10 Å². The molecular weight excluding hydrogens is 334 g/mol. The van der Waals surface area contributed by atoms with Crippen LogP contribution in [0.1, 0.15) is 16.7 Å². The fourth-order valence-electron chi connectivity index (χ4n) is 2.40. The monoisotopic (exact) mass is 351 g/mol. The molecular formula is C20H18ClN3O. The molecule has 2 aromatic carbocycles. The summed E-state index contributed by atoms with van der Waals surface area (Å²) < 4.78 is 1.84. The zero-order valence-corrected chi connectivity index (χ0v) is 14.6. The smallest absolute Gasteiger partial charge is 0.248 e. The average Bonchev–Trinajstić information content (AvgIpc) is 3.05. The largest absolute Gasteiger partial charge is 0.322 e. The maximum absolute atomic E-state index is 12.1. The summed E-state index contributed by atoms with van der Waals surface area (Å²) in [6.07, 6.45) is 6.87. The Labute approximate surface area is 151 Å². The fourth-order valence-corrected chi connectivity index (χ4v) is 2.57. The predicted molar refractivity (Wildman–Crippen MR) is 102 cm³/mol. The van der Waals surface area contributed by atoms with E-state index in [-0.39, 0.29) is 5.91 Å². The second-order valence-electron chi connectivity index (χ2n) is 5.74. The minimum atomic E-state index is -0.207. The van der Waals surface area contributed by atoms with Gasteiger partial charge in [0.15, 0.2) is 0 Å². The number of nitrogens with one attached hydrogen (secondary N) is 1. The number of benzene rings is 2. The van der Waals surface area contributed by atoms with Crippen molar-refractivity contribution in [3.8, 4) is 0 Å². The van der Waals surface area contributed by atoms with Crippen LogP contribution in [0.2, 0.25) is 5.02 Å². The lowest BCUT2D eigenvalue weighted by molar-refractivity contribution is -0.111. The van der Waals surface area contributed by atoms with Gasteiger partial charge in [-0.15, -0.1) is 0 Å².